The molecule has 0 N–H and O–H groups in total. The number of rotatable bonds is 5. The molecule has 1 unspecified atom stereocenters. The van der Waals surface area contributed by atoms with E-state index < -0.39 is 51.5 Å². The lowest BCUT2D eigenvalue weighted by molar-refractivity contribution is 0.377. The van der Waals surface area contributed by atoms with Crippen molar-refractivity contribution in [2.45, 2.75) is 5.75 Å². The van der Waals surface area contributed by atoms with Crippen LogP contribution in [0.1, 0.15) is 11.1 Å². The maximum Gasteiger partial charge on any atom is 0.515 e. The molecule has 3 aromatic rings. The lowest BCUT2D eigenvalue weighted by Gasteiger charge is -2.17. The lowest BCUT2D eigenvalue weighted by atomic mass is 9.79. The predicted octanol–water partition coefficient (Wildman–Crippen LogP) is 6.11. The number of allylic oxidation sites excluding steroid dienone is 1. The summed E-state index contributed by atoms with van der Waals surface area (Å²) in [5.41, 5.74) is -1.08. The van der Waals surface area contributed by atoms with Gasteiger partial charge in [-0.2, -0.15) is 10.5 Å². The molecule has 0 aliphatic rings. The van der Waals surface area contributed by atoms with Crippen molar-refractivity contribution in [2.75, 3.05) is 5.75 Å². The first-order valence-corrected chi connectivity index (χ1v) is 12.6. The van der Waals surface area contributed by atoms with Crippen molar-refractivity contribution in [3.63, 3.8) is 0 Å². The summed E-state index contributed by atoms with van der Waals surface area (Å²) in [6.07, 6.45) is 1.41. The Morgan fingerprint density at radius 2 is 1.23 bits per heavy atom. The van der Waals surface area contributed by atoms with Gasteiger partial charge < -0.3 is 12.9 Å². The van der Waals surface area contributed by atoms with Crippen molar-refractivity contribution < 1.29 is 39.1 Å². The Kier molecular flexibility index (Phi) is 10.6. The van der Waals surface area contributed by atoms with Crippen LogP contribution in [-0.4, -0.2) is 12.7 Å². The third-order valence-electron chi connectivity index (χ3n) is 4.77. The van der Waals surface area contributed by atoms with Crippen LogP contribution in [0.2, 0.25) is 0 Å². The molecule has 0 aromatic heterocycles. The molecule has 0 heterocycles. The fraction of sp³-hybridized carbons (Fsp3) is 0.0769. The average molecular weight is 566 g/mol. The summed E-state index contributed by atoms with van der Waals surface area (Å²) in [5.74, 6) is -10.2. The van der Waals surface area contributed by atoms with Crippen molar-refractivity contribution in [2.24, 2.45) is 0 Å². The van der Waals surface area contributed by atoms with Gasteiger partial charge in [0.25, 0.3) is 0 Å². The number of halogens is 8. The molecule has 3 aromatic carbocycles. The second-order valence-electron chi connectivity index (χ2n) is 7.60. The molecule has 0 saturated heterocycles. The molecule has 0 amide bonds. The zero-order valence-electron chi connectivity index (χ0n) is 19.6. The Balaban J connectivity index is 0.000000306. The minimum Gasteiger partial charge on any atom is -0.445 e. The molecular weight excluding hydrogens is 551 g/mol. The van der Waals surface area contributed by atoms with Crippen molar-refractivity contribution in [3.8, 4) is 23.3 Å². The highest BCUT2D eigenvalue weighted by Gasteiger charge is 2.37. The van der Waals surface area contributed by atoms with Crippen molar-refractivity contribution in [3.05, 3.63) is 113 Å². The molecule has 0 aliphatic carbocycles. The van der Waals surface area contributed by atoms with Gasteiger partial charge in [-0.1, -0.05) is 52.7 Å². The maximum absolute atomic E-state index is 13.2. The highest BCUT2D eigenvalue weighted by molar-refractivity contribution is 8.06. The van der Waals surface area contributed by atoms with E-state index in [0.717, 1.165) is 11.1 Å². The highest BCUT2D eigenvalue weighted by Crippen LogP contribution is 2.21. The third kappa shape index (κ3) is 8.56. The Labute approximate surface area is 219 Å². The molecule has 0 aliphatic heterocycles. The molecule has 13 heteroatoms. The molecule has 3 rings (SSSR count). The first kappa shape index (κ1) is 30.8. The number of benzene rings is 3. The molecule has 0 fully saturated rings. The summed E-state index contributed by atoms with van der Waals surface area (Å²) in [6.45, 7) is -6.30. The van der Waals surface area contributed by atoms with E-state index in [1.165, 1.54) is 6.08 Å². The molecule has 3 nitrogen and oxygen atoms in total. The zero-order chi connectivity index (χ0) is 29.2. The van der Waals surface area contributed by atoms with Gasteiger partial charge in [-0.3, -0.25) is 0 Å². The minimum atomic E-state index is -6.30. The largest absolute Gasteiger partial charge is 0.515 e. The molecule has 1 atom stereocenters. The van der Waals surface area contributed by atoms with Crippen LogP contribution in [-0.2, 0) is 19.9 Å². The topological polar surface area (TPSA) is 64.7 Å². The SMILES string of the molecule is Fc1c(F)c(F)c([B-](F)(F)F)c(F)c1F.N#CC(C#N)=CC[S+](=O)(C#Cc1ccccc1)Cc1ccccc1. The van der Waals surface area contributed by atoms with Gasteiger partial charge in [0.1, 0.15) is 35.1 Å². The third-order valence-corrected chi connectivity index (χ3v) is 6.75. The highest BCUT2D eigenvalue weighted by atomic mass is 32.2. The van der Waals surface area contributed by atoms with E-state index >= 15 is 0 Å². The first-order chi connectivity index (χ1) is 18.3. The first-order valence-electron chi connectivity index (χ1n) is 10.7. The fourth-order valence-electron chi connectivity index (χ4n) is 2.90. The van der Waals surface area contributed by atoms with Crippen LogP contribution in [0, 0.1) is 62.9 Å². The number of nitrogens with zero attached hydrogens (tertiary/aromatic N) is 2. The summed E-state index contributed by atoms with van der Waals surface area (Å²) in [6, 6.07) is 22.3. The zero-order valence-corrected chi connectivity index (χ0v) is 20.4. The number of hydrogen-bond acceptors (Lipinski definition) is 3. The second-order valence-corrected chi connectivity index (χ2v) is 10.1. The smallest absolute Gasteiger partial charge is 0.445 e. The Bertz CT molecular complexity index is 1510. The molecule has 0 spiro atoms. The number of nitriles is 2. The number of hydrogen-bond donors (Lipinski definition) is 0. The van der Waals surface area contributed by atoms with Crippen LogP contribution in [0.15, 0.2) is 72.3 Å². The van der Waals surface area contributed by atoms with Crippen LogP contribution in [0.4, 0.5) is 34.9 Å². The van der Waals surface area contributed by atoms with E-state index in [0.29, 0.717) is 0 Å². The van der Waals surface area contributed by atoms with Crippen molar-refractivity contribution in [1.82, 2.24) is 0 Å². The molecular formula is C26H15BF8N2OS. The van der Waals surface area contributed by atoms with E-state index in [-0.39, 0.29) is 17.1 Å². The van der Waals surface area contributed by atoms with E-state index in [2.05, 4.69) is 11.2 Å². The summed E-state index contributed by atoms with van der Waals surface area (Å²) in [5, 5.41) is 20.6. The van der Waals surface area contributed by atoms with Gasteiger partial charge in [0.15, 0.2) is 38.4 Å². The normalized spacial score (nSPS) is 11.8. The van der Waals surface area contributed by atoms with Crippen LogP contribution in [0.5, 0.6) is 0 Å². The van der Waals surface area contributed by atoms with Gasteiger partial charge in [-0.15, -0.1) is 0 Å². The summed E-state index contributed by atoms with van der Waals surface area (Å²) in [4.78, 5) is 0. The summed E-state index contributed by atoms with van der Waals surface area (Å²) < 4.78 is 111. The van der Waals surface area contributed by atoms with Gasteiger partial charge in [0.2, 0.25) is 0 Å². The van der Waals surface area contributed by atoms with Crippen LogP contribution >= 0.6 is 0 Å². The quantitative estimate of drug-likeness (QED) is 0.0713. The van der Waals surface area contributed by atoms with Crippen molar-refractivity contribution >= 4 is 22.4 Å². The standard InChI is InChI=1S/C20H15N2OS.C6BF8/c21-15-20(16-22)12-14-24(23,17-19-9-5-2-6-10-19)13-11-18-7-3-1-4-8-18;8-2-1(7(13,14)15)3(9)5(11)6(12)4(2)10/h1-10,12H,14,17H2;/q+1;-1. The average Bonchev–Trinajstić information content (AvgIpc) is 2.91. The van der Waals surface area contributed by atoms with Gasteiger partial charge in [-0.25, -0.2) is 22.0 Å². The molecule has 0 saturated carbocycles. The van der Waals surface area contributed by atoms with Gasteiger partial charge in [-0.05, 0) is 29.6 Å². The van der Waals surface area contributed by atoms with Gasteiger partial charge >= 0.3 is 6.98 Å². The molecule has 0 radical (unpaired) electrons. The predicted molar refractivity (Wildman–Crippen MR) is 131 cm³/mol. The Hall–Kier alpha value is -4.41. The van der Waals surface area contributed by atoms with E-state index in [4.69, 9.17) is 10.5 Å². The monoisotopic (exact) mass is 566 g/mol. The molecule has 200 valence electrons. The van der Waals surface area contributed by atoms with E-state index in [1.54, 1.807) is 12.1 Å². The molecule has 39 heavy (non-hydrogen) atoms. The van der Waals surface area contributed by atoms with E-state index in [1.807, 2.05) is 60.7 Å². The van der Waals surface area contributed by atoms with Crippen molar-refractivity contribution in [1.29, 1.82) is 10.5 Å². The summed E-state index contributed by atoms with van der Waals surface area (Å²) >= 11 is 0. The van der Waals surface area contributed by atoms with Gasteiger partial charge in [0, 0.05) is 11.1 Å². The van der Waals surface area contributed by atoms with E-state index in [9.17, 15) is 39.1 Å². The fourth-order valence-corrected chi connectivity index (χ4v) is 4.64. The van der Waals surface area contributed by atoms with Crippen LogP contribution in [0.3, 0.4) is 0 Å². The summed E-state index contributed by atoms with van der Waals surface area (Å²) in [7, 11) is -2.60. The second kappa shape index (κ2) is 13.4. The maximum atomic E-state index is 13.2. The minimum absolute atomic E-state index is 0.0442. The Morgan fingerprint density at radius 1 is 0.769 bits per heavy atom. The van der Waals surface area contributed by atoms with Crippen LogP contribution in [0.25, 0.3) is 0 Å². The van der Waals surface area contributed by atoms with Gasteiger partial charge in [0.05, 0.1) is 0 Å². The lowest BCUT2D eigenvalue weighted by Crippen LogP contribution is -2.41. The Morgan fingerprint density at radius 3 is 1.69 bits per heavy atom. The molecule has 0 bridgehead atoms. The van der Waals surface area contributed by atoms with Crippen LogP contribution < -0.4 is 5.46 Å².